The van der Waals surface area contributed by atoms with E-state index in [-0.39, 0.29) is 17.4 Å². The van der Waals surface area contributed by atoms with Crippen LogP contribution < -0.4 is 5.32 Å². The highest BCUT2D eigenvalue weighted by atomic mass is 35.5. The molecule has 6 heteroatoms. The van der Waals surface area contributed by atoms with Gasteiger partial charge < -0.3 is 10.2 Å². The van der Waals surface area contributed by atoms with Gasteiger partial charge in [0.2, 0.25) is 5.91 Å². The van der Waals surface area contributed by atoms with Crippen LogP contribution in [0.5, 0.6) is 0 Å². The lowest BCUT2D eigenvalue weighted by Gasteiger charge is -2.36. The minimum Gasteiger partial charge on any atom is -0.342 e. The summed E-state index contributed by atoms with van der Waals surface area (Å²) in [7, 11) is 0. The highest BCUT2D eigenvalue weighted by Gasteiger charge is 2.34. The van der Waals surface area contributed by atoms with Gasteiger partial charge in [0.1, 0.15) is 6.33 Å². The first kappa shape index (κ1) is 24.2. The van der Waals surface area contributed by atoms with Gasteiger partial charge in [-0.1, -0.05) is 37.6 Å². The predicted octanol–water partition coefficient (Wildman–Crippen LogP) is 5.45. The average Bonchev–Trinajstić information content (AvgIpc) is 3.21. The lowest BCUT2D eigenvalue weighted by molar-refractivity contribution is -0.133. The summed E-state index contributed by atoms with van der Waals surface area (Å²) in [5.74, 6) is 0.944. The lowest BCUT2D eigenvalue weighted by Crippen LogP contribution is -2.47. The van der Waals surface area contributed by atoms with E-state index >= 15 is 0 Å². The van der Waals surface area contributed by atoms with E-state index in [1.165, 1.54) is 23.4 Å². The van der Waals surface area contributed by atoms with Crippen molar-refractivity contribution in [3.63, 3.8) is 0 Å². The number of likely N-dealkylation sites (tertiary alicyclic amines) is 1. The van der Waals surface area contributed by atoms with Gasteiger partial charge in [-0.15, -0.1) is 0 Å². The van der Waals surface area contributed by atoms with E-state index in [4.69, 9.17) is 16.6 Å². The van der Waals surface area contributed by atoms with Crippen LogP contribution in [0.15, 0.2) is 30.6 Å². The van der Waals surface area contributed by atoms with E-state index < -0.39 is 0 Å². The molecule has 0 bridgehead atoms. The third kappa shape index (κ3) is 5.41. The maximum atomic E-state index is 13.7. The SMILES string of the molecule is CCC(C)(C)NCC(C(=O)N1CCC(c2ncnc3c2C(C)CC3)CC1)c1ccc(Cl)cc1. The van der Waals surface area contributed by atoms with Crippen molar-refractivity contribution in [2.75, 3.05) is 19.6 Å². The average molecular weight is 469 g/mol. The minimum atomic E-state index is -0.215. The Hall–Kier alpha value is -1.98. The number of benzene rings is 1. The Balaban J connectivity index is 1.47. The Morgan fingerprint density at radius 3 is 2.55 bits per heavy atom. The van der Waals surface area contributed by atoms with Crippen LogP contribution in [-0.2, 0) is 11.2 Å². The Bertz CT molecular complexity index is 967. The van der Waals surface area contributed by atoms with Gasteiger partial charge in [0.05, 0.1) is 11.6 Å². The Morgan fingerprint density at radius 1 is 1.18 bits per heavy atom. The van der Waals surface area contributed by atoms with Crippen LogP contribution in [0, 0.1) is 0 Å². The first-order valence-electron chi connectivity index (χ1n) is 12.4. The van der Waals surface area contributed by atoms with E-state index in [1.807, 2.05) is 24.3 Å². The Labute approximate surface area is 203 Å². The molecule has 2 unspecified atom stereocenters. The van der Waals surface area contributed by atoms with Crippen LogP contribution >= 0.6 is 11.6 Å². The largest absolute Gasteiger partial charge is 0.342 e. The fraction of sp³-hybridized carbons (Fsp3) is 0.593. The summed E-state index contributed by atoms with van der Waals surface area (Å²) in [5.41, 5.74) is 4.86. The van der Waals surface area contributed by atoms with Crippen molar-refractivity contribution in [3.05, 3.63) is 58.1 Å². The standard InChI is InChI=1S/C27H37ClN4O/c1-5-27(3,4)31-16-22(19-7-9-21(28)10-8-19)26(33)32-14-12-20(13-15-32)25-24-18(2)6-11-23(24)29-17-30-25/h7-10,17-18,20,22,31H,5-6,11-16H2,1-4H3. The number of rotatable bonds is 7. The van der Waals surface area contributed by atoms with E-state index in [1.54, 1.807) is 6.33 Å². The van der Waals surface area contributed by atoms with Gasteiger partial charge in [0.25, 0.3) is 0 Å². The van der Waals surface area contributed by atoms with E-state index in [0.29, 0.717) is 23.4 Å². The maximum Gasteiger partial charge on any atom is 0.231 e. The number of amides is 1. The van der Waals surface area contributed by atoms with Crippen molar-refractivity contribution >= 4 is 17.5 Å². The van der Waals surface area contributed by atoms with Crippen LogP contribution in [0.1, 0.15) is 93.6 Å². The molecule has 1 N–H and O–H groups in total. The zero-order valence-corrected chi connectivity index (χ0v) is 21.2. The highest BCUT2D eigenvalue weighted by molar-refractivity contribution is 6.30. The lowest BCUT2D eigenvalue weighted by atomic mass is 9.87. The van der Waals surface area contributed by atoms with Crippen molar-refractivity contribution < 1.29 is 4.79 Å². The van der Waals surface area contributed by atoms with Gasteiger partial charge in [-0.2, -0.15) is 0 Å². The molecule has 1 fully saturated rings. The summed E-state index contributed by atoms with van der Waals surface area (Å²) in [6, 6.07) is 7.74. The number of piperidine rings is 1. The fourth-order valence-electron chi connectivity index (χ4n) is 5.15. The number of hydrogen-bond acceptors (Lipinski definition) is 4. The van der Waals surface area contributed by atoms with Crippen molar-refractivity contribution in [2.24, 2.45) is 0 Å². The molecule has 2 heterocycles. The van der Waals surface area contributed by atoms with Crippen LogP contribution in [0.2, 0.25) is 5.02 Å². The molecule has 4 rings (SSSR count). The Kier molecular flexibility index (Phi) is 7.40. The number of fused-ring (bicyclic) bond motifs is 1. The number of aromatic nitrogens is 2. The van der Waals surface area contributed by atoms with Crippen LogP contribution in [0.25, 0.3) is 0 Å². The molecule has 178 valence electrons. The third-order valence-electron chi connectivity index (χ3n) is 7.74. The zero-order chi connectivity index (χ0) is 23.6. The van der Waals surface area contributed by atoms with Crippen molar-refractivity contribution in [1.82, 2.24) is 20.2 Å². The summed E-state index contributed by atoms with van der Waals surface area (Å²) < 4.78 is 0. The van der Waals surface area contributed by atoms with Crippen molar-refractivity contribution in [1.29, 1.82) is 0 Å². The van der Waals surface area contributed by atoms with Crippen LogP contribution in [-0.4, -0.2) is 45.9 Å². The quantitative estimate of drug-likeness (QED) is 0.587. The summed E-state index contributed by atoms with van der Waals surface area (Å²) in [6.07, 6.45) is 6.89. The molecular weight excluding hydrogens is 432 g/mol. The van der Waals surface area contributed by atoms with Gasteiger partial charge in [-0.25, -0.2) is 9.97 Å². The molecule has 0 radical (unpaired) electrons. The first-order chi connectivity index (χ1) is 15.8. The molecule has 0 saturated carbocycles. The van der Waals surface area contributed by atoms with E-state index in [9.17, 15) is 4.79 Å². The Morgan fingerprint density at radius 2 is 1.88 bits per heavy atom. The van der Waals surface area contributed by atoms with E-state index in [2.05, 4.69) is 42.9 Å². The number of carbonyl (C=O) groups is 1. The van der Waals surface area contributed by atoms with Crippen LogP contribution in [0.3, 0.4) is 0 Å². The summed E-state index contributed by atoms with van der Waals surface area (Å²) in [4.78, 5) is 25.0. The minimum absolute atomic E-state index is 0.0119. The van der Waals surface area contributed by atoms with E-state index in [0.717, 1.165) is 44.3 Å². The van der Waals surface area contributed by atoms with Crippen LogP contribution in [0.4, 0.5) is 0 Å². The van der Waals surface area contributed by atoms with Gasteiger partial charge in [0, 0.05) is 41.8 Å². The molecule has 1 aromatic heterocycles. The molecule has 1 saturated heterocycles. The number of hydrogen-bond donors (Lipinski definition) is 1. The molecule has 0 spiro atoms. The molecule has 33 heavy (non-hydrogen) atoms. The fourth-order valence-corrected chi connectivity index (χ4v) is 5.27. The molecule has 1 aromatic carbocycles. The van der Waals surface area contributed by atoms with Gasteiger partial charge in [-0.05, 0) is 75.1 Å². The third-order valence-corrected chi connectivity index (χ3v) is 7.99. The predicted molar refractivity (Wildman–Crippen MR) is 134 cm³/mol. The second-order valence-corrected chi connectivity index (χ2v) is 10.8. The monoisotopic (exact) mass is 468 g/mol. The molecule has 1 aliphatic heterocycles. The van der Waals surface area contributed by atoms with Crippen molar-refractivity contribution in [3.8, 4) is 0 Å². The first-order valence-corrected chi connectivity index (χ1v) is 12.8. The zero-order valence-electron chi connectivity index (χ0n) is 20.4. The molecule has 1 aliphatic carbocycles. The van der Waals surface area contributed by atoms with Gasteiger partial charge in [0.15, 0.2) is 0 Å². The van der Waals surface area contributed by atoms with Crippen molar-refractivity contribution in [2.45, 2.75) is 83.1 Å². The molecule has 2 atom stereocenters. The smallest absolute Gasteiger partial charge is 0.231 e. The molecule has 2 aromatic rings. The number of halogens is 1. The number of aryl methyl sites for hydroxylation is 1. The normalized spacial score (nSPS) is 20.0. The summed E-state index contributed by atoms with van der Waals surface area (Å²) >= 11 is 6.12. The highest BCUT2D eigenvalue weighted by Crippen LogP contribution is 2.39. The summed E-state index contributed by atoms with van der Waals surface area (Å²) in [5, 5.41) is 4.31. The topological polar surface area (TPSA) is 58.1 Å². The molecule has 5 nitrogen and oxygen atoms in total. The maximum absolute atomic E-state index is 13.7. The number of nitrogens with zero attached hydrogens (tertiary/aromatic N) is 3. The summed E-state index contributed by atoms with van der Waals surface area (Å²) in [6.45, 7) is 11.0. The molecule has 2 aliphatic rings. The number of nitrogens with one attached hydrogen (secondary N) is 1. The molecular formula is C27H37ClN4O. The van der Waals surface area contributed by atoms with Gasteiger partial charge in [-0.3, -0.25) is 4.79 Å². The number of carbonyl (C=O) groups excluding carboxylic acids is 1. The second-order valence-electron chi connectivity index (χ2n) is 10.4. The van der Waals surface area contributed by atoms with Gasteiger partial charge >= 0.3 is 0 Å². The molecule has 1 amide bonds. The second kappa shape index (κ2) is 10.1.